The Labute approximate surface area is 130 Å². The van der Waals surface area contributed by atoms with Gasteiger partial charge in [-0.05, 0) is 31.2 Å². The Hall–Kier alpha value is -3.42. The summed E-state index contributed by atoms with van der Waals surface area (Å²) in [4.78, 5) is 33.5. The van der Waals surface area contributed by atoms with Gasteiger partial charge in [0.05, 0.1) is 16.2 Å². The second kappa shape index (κ2) is 6.14. The standard InChI is InChI=1S/C15H12N2O6/c1-8-10(3-2-4-12(8)17(22)23)14(19)16-11-7-9(15(20)21)5-6-13(11)18/h2-7,18H,1H3,(H,16,19)(H,20,21). The van der Waals surface area contributed by atoms with E-state index in [-0.39, 0.29) is 33.8 Å². The SMILES string of the molecule is Cc1c(C(=O)Nc2cc(C(=O)O)ccc2O)cccc1[N+](=O)[O-]. The second-order valence-electron chi connectivity index (χ2n) is 4.70. The van der Waals surface area contributed by atoms with Gasteiger partial charge in [-0.15, -0.1) is 0 Å². The van der Waals surface area contributed by atoms with E-state index < -0.39 is 16.8 Å². The number of carbonyl (C=O) groups excluding carboxylic acids is 1. The number of amides is 1. The van der Waals surface area contributed by atoms with Gasteiger partial charge in [0.15, 0.2) is 0 Å². The van der Waals surface area contributed by atoms with E-state index in [1.165, 1.54) is 31.2 Å². The Balaban J connectivity index is 2.37. The number of nitrogens with one attached hydrogen (secondary N) is 1. The molecule has 0 aromatic heterocycles. The van der Waals surface area contributed by atoms with Crippen molar-refractivity contribution in [3.8, 4) is 5.75 Å². The summed E-state index contributed by atoms with van der Waals surface area (Å²) in [6.45, 7) is 1.43. The maximum atomic E-state index is 12.3. The average molecular weight is 316 g/mol. The van der Waals surface area contributed by atoms with Crippen LogP contribution in [0.2, 0.25) is 0 Å². The molecule has 0 atom stereocenters. The number of hydrogen-bond acceptors (Lipinski definition) is 5. The number of phenols is 1. The van der Waals surface area contributed by atoms with Gasteiger partial charge in [0.25, 0.3) is 11.6 Å². The molecule has 3 N–H and O–H groups in total. The lowest BCUT2D eigenvalue weighted by molar-refractivity contribution is -0.385. The molecule has 2 rings (SSSR count). The van der Waals surface area contributed by atoms with Crippen LogP contribution in [0, 0.1) is 17.0 Å². The minimum atomic E-state index is -1.22. The minimum Gasteiger partial charge on any atom is -0.506 e. The van der Waals surface area contributed by atoms with Crippen LogP contribution in [-0.4, -0.2) is 27.0 Å². The number of carboxylic acids is 1. The Morgan fingerprint density at radius 1 is 1.22 bits per heavy atom. The molecule has 0 saturated carbocycles. The third-order valence-electron chi connectivity index (χ3n) is 3.24. The number of aromatic carboxylic acids is 1. The van der Waals surface area contributed by atoms with Crippen molar-refractivity contribution in [3.05, 3.63) is 63.2 Å². The second-order valence-corrected chi connectivity index (χ2v) is 4.70. The van der Waals surface area contributed by atoms with Crippen molar-refractivity contribution in [1.29, 1.82) is 0 Å². The Morgan fingerprint density at radius 3 is 2.52 bits per heavy atom. The molecular weight excluding hydrogens is 304 g/mol. The maximum Gasteiger partial charge on any atom is 0.335 e. The van der Waals surface area contributed by atoms with Crippen LogP contribution in [0.3, 0.4) is 0 Å². The number of benzene rings is 2. The van der Waals surface area contributed by atoms with Gasteiger partial charge in [0, 0.05) is 17.2 Å². The summed E-state index contributed by atoms with van der Waals surface area (Å²) in [6.07, 6.45) is 0. The van der Waals surface area contributed by atoms with E-state index in [2.05, 4.69) is 5.32 Å². The van der Waals surface area contributed by atoms with Gasteiger partial charge in [0.1, 0.15) is 5.75 Å². The van der Waals surface area contributed by atoms with Crippen molar-refractivity contribution in [2.45, 2.75) is 6.92 Å². The molecule has 8 nitrogen and oxygen atoms in total. The summed E-state index contributed by atoms with van der Waals surface area (Å²) >= 11 is 0. The monoisotopic (exact) mass is 316 g/mol. The van der Waals surface area contributed by atoms with Crippen LogP contribution < -0.4 is 5.32 Å². The van der Waals surface area contributed by atoms with Crippen LogP contribution in [0.4, 0.5) is 11.4 Å². The Morgan fingerprint density at radius 2 is 1.91 bits per heavy atom. The molecule has 23 heavy (non-hydrogen) atoms. The van der Waals surface area contributed by atoms with Gasteiger partial charge in [-0.25, -0.2) is 4.79 Å². The topological polar surface area (TPSA) is 130 Å². The molecule has 0 aliphatic heterocycles. The van der Waals surface area contributed by atoms with Crippen molar-refractivity contribution >= 4 is 23.3 Å². The largest absolute Gasteiger partial charge is 0.506 e. The first kappa shape index (κ1) is 16.0. The molecule has 0 bridgehead atoms. The van der Waals surface area contributed by atoms with Crippen molar-refractivity contribution in [2.24, 2.45) is 0 Å². The predicted octanol–water partition coefficient (Wildman–Crippen LogP) is 2.56. The molecule has 0 heterocycles. The summed E-state index contributed by atoms with van der Waals surface area (Å²) in [5.74, 6) is -2.22. The summed E-state index contributed by atoms with van der Waals surface area (Å²) in [5, 5.41) is 31.9. The molecule has 118 valence electrons. The first-order valence-electron chi connectivity index (χ1n) is 6.43. The van der Waals surface area contributed by atoms with Crippen LogP contribution in [-0.2, 0) is 0 Å². The summed E-state index contributed by atoms with van der Waals surface area (Å²) in [5.41, 5.74) is -0.195. The van der Waals surface area contributed by atoms with Gasteiger partial charge in [-0.3, -0.25) is 14.9 Å². The Kier molecular flexibility index (Phi) is 4.26. The quantitative estimate of drug-likeness (QED) is 0.451. The van der Waals surface area contributed by atoms with E-state index in [1.807, 2.05) is 0 Å². The third kappa shape index (κ3) is 3.26. The highest BCUT2D eigenvalue weighted by molar-refractivity contribution is 6.07. The van der Waals surface area contributed by atoms with E-state index in [9.17, 15) is 24.8 Å². The summed E-state index contributed by atoms with van der Waals surface area (Å²) in [6, 6.07) is 7.46. The van der Waals surface area contributed by atoms with Gasteiger partial charge >= 0.3 is 5.97 Å². The predicted molar refractivity (Wildman–Crippen MR) is 80.9 cm³/mol. The first-order valence-corrected chi connectivity index (χ1v) is 6.43. The zero-order chi connectivity index (χ0) is 17.1. The average Bonchev–Trinajstić information content (AvgIpc) is 2.49. The normalized spacial score (nSPS) is 10.1. The van der Waals surface area contributed by atoms with Crippen molar-refractivity contribution < 1.29 is 24.7 Å². The highest BCUT2D eigenvalue weighted by Crippen LogP contribution is 2.26. The lowest BCUT2D eigenvalue weighted by Crippen LogP contribution is -2.14. The number of rotatable bonds is 4. The molecule has 0 saturated heterocycles. The highest BCUT2D eigenvalue weighted by atomic mass is 16.6. The molecular formula is C15H12N2O6. The fourth-order valence-corrected chi connectivity index (χ4v) is 2.03. The van der Waals surface area contributed by atoms with E-state index in [1.54, 1.807) is 0 Å². The van der Waals surface area contributed by atoms with E-state index in [4.69, 9.17) is 5.11 Å². The van der Waals surface area contributed by atoms with E-state index in [0.29, 0.717) is 0 Å². The van der Waals surface area contributed by atoms with Crippen LogP contribution >= 0.6 is 0 Å². The van der Waals surface area contributed by atoms with Crippen LogP contribution in [0.25, 0.3) is 0 Å². The first-order chi connectivity index (χ1) is 10.8. The van der Waals surface area contributed by atoms with E-state index in [0.717, 1.165) is 12.1 Å². The molecule has 0 spiro atoms. The molecule has 8 heteroatoms. The molecule has 0 fully saturated rings. The molecule has 0 unspecified atom stereocenters. The lowest BCUT2D eigenvalue weighted by atomic mass is 10.1. The maximum absolute atomic E-state index is 12.3. The van der Waals surface area contributed by atoms with Crippen LogP contribution in [0.1, 0.15) is 26.3 Å². The number of carboxylic acid groups (broad SMARTS) is 1. The van der Waals surface area contributed by atoms with Crippen molar-refractivity contribution in [3.63, 3.8) is 0 Å². The number of nitro groups is 1. The number of nitro benzene ring substituents is 1. The minimum absolute atomic E-state index is 0.0549. The molecule has 0 aliphatic carbocycles. The lowest BCUT2D eigenvalue weighted by Gasteiger charge is -2.10. The van der Waals surface area contributed by atoms with Gasteiger partial charge < -0.3 is 15.5 Å². The van der Waals surface area contributed by atoms with Crippen molar-refractivity contribution in [2.75, 3.05) is 5.32 Å². The molecule has 2 aromatic rings. The van der Waals surface area contributed by atoms with E-state index >= 15 is 0 Å². The smallest absolute Gasteiger partial charge is 0.335 e. The van der Waals surface area contributed by atoms with Gasteiger partial charge in [-0.2, -0.15) is 0 Å². The number of hydrogen-bond donors (Lipinski definition) is 3. The zero-order valence-electron chi connectivity index (χ0n) is 11.9. The van der Waals surface area contributed by atoms with Gasteiger partial charge in [-0.1, -0.05) is 6.07 Å². The Bertz CT molecular complexity index is 816. The summed E-state index contributed by atoms with van der Waals surface area (Å²) in [7, 11) is 0. The number of nitrogens with zero attached hydrogens (tertiary/aromatic N) is 1. The fraction of sp³-hybridized carbons (Fsp3) is 0.0667. The summed E-state index contributed by atoms with van der Waals surface area (Å²) < 4.78 is 0. The molecule has 0 radical (unpaired) electrons. The van der Waals surface area contributed by atoms with Crippen molar-refractivity contribution in [1.82, 2.24) is 0 Å². The molecule has 2 aromatic carbocycles. The van der Waals surface area contributed by atoms with Crippen LogP contribution in [0.15, 0.2) is 36.4 Å². The van der Waals surface area contributed by atoms with Gasteiger partial charge in [0.2, 0.25) is 0 Å². The number of phenolic OH excluding ortho intramolecular Hbond substituents is 1. The fourth-order valence-electron chi connectivity index (χ4n) is 2.03. The number of carbonyl (C=O) groups is 2. The van der Waals surface area contributed by atoms with Crippen LogP contribution in [0.5, 0.6) is 5.75 Å². The third-order valence-corrected chi connectivity index (χ3v) is 3.24. The number of anilines is 1. The molecule has 1 amide bonds. The molecule has 0 aliphatic rings. The zero-order valence-corrected chi connectivity index (χ0v) is 11.9. The number of aromatic hydroxyl groups is 1. The highest BCUT2D eigenvalue weighted by Gasteiger charge is 2.19.